The minimum Gasteiger partial charge on any atom is -0.312 e. The summed E-state index contributed by atoms with van der Waals surface area (Å²) in [5, 5.41) is 12.5. The molecule has 1 aliphatic rings. The zero-order valence-corrected chi connectivity index (χ0v) is 10.7. The Balaban J connectivity index is 1.83. The van der Waals surface area contributed by atoms with E-state index in [1.54, 1.807) is 6.07 Å². The highest BCUT2D eigenvalue weighted by molar-refractivity contribution is 5.26. The molecule has 0 bridgehead atoms. The highest BCUT2D eigenvalue weighted by Gasteiger charge is 2.26. The Morgan fingerprint density at radius 3 is 3.00 bits per heavy atom. The van der Waals surface area contributed by atoms with Crippen molar-refractivity contribution in [2.75, 3.05) is 6.54 Å². The zero-order valence-electron chi connectivity index (χ0n) is 10.7. The number of halogens is 1. The molecule has 2 atom stereocenters. The maximum Gasteiger partial charge on any atom is 0.123 e. The Bertz CT molecular complexity index is 450. The van der Waals surface area contributed by atoms with Gasteiger partial charge in [0.1, 0.15) is 5.82 Å². The summed E-state index contributed by atoms with van der Waals surface area (Å²) in [6, 6.07) is 7.64. The van der Waals surface area contributed by atoms with Gasteiger partial charge in [0.05, 0.1) is 12.0 Å². The van der Waals surface area contributed by atoms with Crippen LogP contribution >= 0.6 is 0 Å². The fourth-order valence-electron chi connectivity index (χ4n) is 2.69. The molecule has 1 aromatic carbocycles. The Hall–Kier alpha value is -1.40. The molecule has 3 heteroatoms. The Morgan fingerprint density at radius 1 is 1.44 bits per heavy atom. The molecule has 0 spiro atoms. The van der Waals surface area contributed by atoms with Crippen molar-refractivity contribution >= 4 is 0 Å². The molecule has 1 aliphatic carbocycles. The molecule has 1 saturated carbocycles. The molecule has 0 saturated heterocycles. The summed E-state index contributed by atoms with van der Waals surface area (Å²) in [7, 11) is 0. The van der Waals surface area contributed by atoms with Gasteiger partial charge in [-0.1, -0.05) is 12.5 Å². The van der Waals surface area contributed by atoms with Crippen molar-refractivity contribution in [3.63, 3.8) is 0 Å². The van der Waals surface area contributed by atoms with Gasteiger partial charge in [-0.05, 0) is 56.0 Å². The van der Waals surface area contributed by atoms with E-state index in [0.29, 0.717) is 6.04 Å². The highest BCUT2D eigenvalue weighted by atomic mass is 19.1. The van der Waals surface area contributed by atoms with E-state index in [0.717, 1.165) is 37.8 Å². The first-order valence-corrected chi connectivity index (χ1v) is 6.58. The number of hydrogen-bond donors (Lipinski definition) is 1. The fourth-order valence-corrected chi connectivity index (χ4v) is 2.69. The van der Waals surface area contributed by atoms with Gasteiger partial charge in [-0.2, -0.15) is 5.26 Å². The largest absolute Gasteiger partial charge is 0.312 e. The number of hydrogen-bond acceptors (Lipinski definition) is 2. The van der Waals surface area contributed by atoms with Gasteiger partial charge in [0.25, 0.3) is 0 Å². The van der Waals surface area contributed by atoms with Crippen LogP contribution in [0.5, 0.6) is 0 Å². The van der Waals surface area contributed by atoms with Crippen LogP contribution in [0.15, 0.2) is 18.2 Å². The first-order valence-electron chi connectivity index (χ1n) is 6.58. The zero-order chi connectivity index (χ0) is 13.0. The molecule has 1 fully saturated rings. The lowest BCUT2D eigenvalue weighted by Crippen LogP contribution is -2.33. The van der Waals surface area contributed by atoms with Gasteiger partial charge in [-0.3, -0.25) is 0 Å². The molecule has 96 valence electrons. The predicted molar refractivity (Wildman–Crippen MR) is 69.6 cm³/mol. The van der Waals surface area contributed by atoms with Gasteiger partial charge in [0, 0.05) is 6.04 Å². The average Bonchev–Trinajstić information content (AvgIpc) is 2.79. The van der Waals surface area contributed by atoms with Gasteiger partial charge in [-0.25, -0.2) is 4.39 Å². The third-order valence-corrected chi connectivity index (χ3v) is 3.79. The maximum absolute atomic E-state index is 13.0. The molecular weight excluding hydrogens is 227 g/mol. The molecule has 2 nitrogen and oxygen atoms in total. The summed E-state index contributed by atoms with van der Waals surface area (Å²) in [5.41, 5.74) is 2.18. The van der Waals surface area contributed by atoms with Gasteiger partial charge < -0.3 is 5.32 Å². The summed E-state index contributed by atoms with van der Waals surface area (Å²) in [5.74, 6) is -0.0103. The van der Waals surface area contributed by atoms with Crippen LogP contribution in [0.4, 0.5) is 4.39 Å². The molecule has 18 heavy (non-hydrogen) atoms. The number of nitrogens with one attached hydrogen (secondary N) is 1. The fraction of sp³-hybridized carbons (Fsp3) is 0.533. The van der Waals surface area contributed by atoms with Crippen LogP contribution in [0.25, 0.3) is 0 Å². The molecule has 2 rings (SSSR count). The van der Waals surface area contributed by atoms with Crippen LogP contribution in [0.3, 0.4) is 0 Å². The average molecular weight is 246 g/mol. The summed E-state index contributed by atoms with van der Waals surface area (Å²) in [6.45, 7) is 2.79. The maximum atomic E-state index is 13.0. The molecule has 2 unspecified atom stereocenters. The second-order valence-electron chi connectivity index (χ2n) is 5.05. The topological polar surface area (TPSA) is 35.8 Å². The van der Waals surface area contributed by atoms with Crippen LogP contribution < -0.4 is 5.32 Å². The standard InChI is InChI=1S/C15H19FN2/c1-11-9-14(16)6-5-12(11)7-8-18-15-4-2-3-13(15)10-17/h5-6,9,13,15,18H,2-4,7-8H2,1H3. The van der Waals surface area contributed by atoms with Crippen LogP contribution in [0.1, 0.15) is 30.4 Å². The van der Waals surface area contributed by atoms with E-state index in [4.69, 9.17) is 5.26 Å². The Morgan fingerprint density at radius 2 is 2.28 bits per heavy atom. The van der Waals surface area contributed by atoms with E-state index in [9.17, 15) is 4.39 Å². The van der Waals surface area contributed by atoms with Crippen LogP contribution in [-0.4, -0.2) is 12.6 Å². The summed E-state index contributed by atoms with van der Waals surface area (Å²) < 4.78 is 13.0. The number of rotatable bonds is 4. The van der Waals surface area contributed by atoms with E-state index >= 15 is 0 Å². The second-order valence-corrected chi connectivity index (χ2v) is 5.05. The first-order chi connectivity index (χ1) is 8.70. The SMILES string of the molecule is Cc1cc(F)ccc1CCNC1CCCC1C#N. The molecule has 0 aliphatic heterocycles. The van der Waals surface area contributed by atoms with Crippen molar-refractivity contribution in [3.05, 3.63) is 35.1 Å². The lowest BCUT2D eigenvalue weighted by atomic mass is 10.0. The lowest BCUT2D eigenvalue weighted by molar-refractivity contribution is 0.468. The molecular formula is C15H19FN2. The number of benzene rings is 1. The second kappa shape index (κ2) is 5.97. The van der Waals surface area contributed by atoms with E-state index in [-0.39, 0.29) is 11.7 Å². The predicted octanol–water partition coefficient (Wildman–Crippen LogP) is 2.96. The van der Waals surface area contributed by atoms with Crippen LogP contribution in [0.2, 0.25) is 0 Å². The van der Waals surface area contributed by atoms with Crippen molar-refractivity contribution in [1.82, 2.24) is 5.32 Å². The minimum absolute atomic E-state index is 0.166. The molecule has 1 N–H and O–H groups in total. The van der Waals surface area contributed by atoms with E-state index in [1.807, 2.05) is 13.0 Å². The van der Waals surface area contributed by atoms with Crippen molar-refractivity contribution < 1.29 is 4.39 Å². The van der Waals surface area contributed by atoms with Gasteiger partial charge in [0.2, 0.25) is 0 Å². The van der Waals surface area contributed by atoms with Gasteiger partial charge in [0.15, 0.2) is 0 Å². The third kappa shape index (κ3) is 3.08. The highest BCUT2D eigenvalue weighted by Crippen LogP contribution is 2.24. The van der Waals surface area contributed by atoms with Gasteiger partial charge in [-0.15, -0.1) is 0 Å². The first kappa shape index (κ1) is 13.0. The normalized spacial score (nSPS) is 22.9. The summed E-state index contributed by atoms with van der Waals surface area (Å²) in [6.07, 6.45) is 4.15. The molecule has 0 radical (unpaired) electrons. The van der Waals surface area contributed by atoms with Crippen molar-refractivity contribution in [1.29, 1.82) is 5.26 Å². The van der Waals surface area contributed by atoms with Crippen molar-refractivity contribution in [3.8, 4) is 6.07 Å². The van der Waals surface area contributed by atoms with E-state index < -0.39 is 0 Å². The third-order valence-electron chi connectivity index (χ3n) is 3.79. The van der Waals surface area contributed by atoms with Gasteiger partial charge >= 0.3 is 0 Å². The van der Waals surface area contributed by atoms with Crippen molar-refractivity contribution in [2.45, 2.75) is 38.6 Å². The molecule has 0 heterocycles. The lowest BCUT2D eigenvalue weighted by Gasteiger charge is -2.16. The monoisotopic (exact) mass is 246 g/mol. The summed E-state index contributed by atoms with van der Waals surface area (Å²) >= 11 is 0. The Kier molecular flexibility index (Phi) is 4.33. The molecule has 1 aromatic rings. The molecule has 0 amide bonds. The van der Waals surface area contributed by atoms with E-state index in [1.165, 1.54) is 11.6 Å². The minimum atomic E-state index is -0.176. The smallest absolute Gasteiger partial charge is 0.123 e. The number of aryl methyl sites for hydroxylation is 1. The quantitative estimate of drug-likeness (QED) is 0.886. The van der Waals surface area contributed by atoms with E-state index in [2.05, 4.69) is 11.4 Å². The molecule has 0 aromatic heterocycles. The summed E-state index contributed by atoms with van der Waals surface area (Å²) in [4.78, 5) is 0. The van der Waals surface area contributed by atoms with Crippen LogP contribution in [0, 0.1) is 30.0 Å². The van der Waals surface area contributed by atoms with Crippen LogP contribution in [-0.2, 0) is 6.42 Å². The number of nitrogens with zero attached hydrogens (tertiary/aromatic N) is 1. The Labute approximate surface area is 108 Å². The number of nitriles is 1. The van der Waals surface area contributed by atoms with Crippen molar-refractivity contribution in [2.24, 2.45) is 5.92 Å².